The number of anilines is 1. The molecule has 0 atom stereocenters. The van der Waals surface area contributed by atoms with Gasteiger partial charge in [0, 0.05) is 24.8 Å². The summed E-state index contributed by atoms with van der Waals surface area (Å²) in [4.78, 5) is 12.6. The molecule has 31 heavy (non-hydrogen) atoms. The van der Waals surface area contributed by atoms with E-state index in [9.17, 15) is 13.2 Å². The summed E-state index contributed by atoms with van der Waals surface area (Å²) in [5, 5.41) is 3.11. The summed E-state index contributed by atoms with van der Waals surface area (Å²) >= 11 is 12.2. The molecule has 9 heteroatoms. The first-order valence-electron chi connectivity index (χ1n) is 9.17. The van der Waals surface area contributed by atoms with E-state index in [0.29, 0.717) is 5.69 Å². The van der Waals surface area contributed by atoms with Gasteiger partial charge in [0.25, 0.3) is 5.91 Å². The summed E-state index contributed by atoms with van der Waals surface area (Å²) in [7, 11) is -0.728. The Morgan fingerprint density at radius 3 is 2.13 bits per heavy atom. The van der Waals surface area contributed by atoms with Crippen LogP contribution in [0.3, 0.4) is 0 Å². The van der Waals surface area contributed by atoms with Crippen LogP contribution in [-0.2, 0) is 16.6 Å². The summed E-state index contributed by atoms with van der Waals surface area (Å²) in [6.45, 7) is 0.251. The van der Waals surface area contributed by atoms with Gasteiger partial charge in [-0.05, 0) is 42.0 Å². The highest BCUT2D eigenvalue weighted by Crippen LogP contribution is 2.34. The average molecular weight is 479 g/mol. The summed E-state index contributed by atoms with van der Waals surface area (Å²) in [5.41, 5.74) is 1.56. The van der Waals surface area contributed by atoms with Crippen molar-refractivity contribution in [2.45, 2.75) is 11.4 Å². The molecule has 1 N–H and O–H groups in total. The molecule has 3 rings (SSSR count). The average Bonchev–Trinajstić information content (AvgIpc) is 2.74. The Hall–Kier alpha value is -2.58. The molecule has 0 aliphatic rings. The summed E-state index contributed by atoms with van der Waals surface area (Å²) < 4.78 is 32.0. The molecule has 0 unspecified atom stereocenters. The maximum atomic E-state index is 12.8. The Labute approximate surface area is 191 Å². The first kappa shape index (κ1) is 23.1. The van der Waals surface area contributed by atoms with Crippen LogP contribution in [0.25, 0.3) is 0 Å². The molecular formula is C22H20Cl2N2O4S. The number of methoxy groups -OCH3 is 1. The zero-order valence-electron chi connectivity index (χ0n) is 16.8. The molecule has 0 radical (unpaired) electrons. The van der Waals surface area contributed by atoms with Gasteiger partial charge in [0.15, 0.2) is 5.75 Å². The minimum absolute atomic E-state index is 0.125. The molecule has 0 aliphatic carbocycles. The Kier molecular flexibility index (Phi) is 7.23. The van der Waals surface area contributed by atoms with Crippen LogP contribution in [0.15, 0.2) is 71.6 Å². The van der Waals surface area contributed by atoms with Gasteiger partial charge < -0.3 is 10.1 Å². The van der Waals surface area contributed by atoms with Crippen LogP contribution in [0, 0.1) is 0 Å². The van der Waals surface area contributed by atoms with Gasteiger partial charge in [-0.3, -0.25) is 4.79 Å². The summed E-state index contributed by atoms with van der Waals surface area (Å²) in [6.07, 6.45) is 0. The van der Waals surface area contributed by atoms with E-state index < -0.39 is 15.9 Å². The molecule has 3 aromatic carbocycles. The number of benzene rings is 3. The second-order valence-corrected chi connectivity index (χ2v) is 9.56. The number of amides is 1. The predicted molar refractivity (Wildman–Crippen MR) is 123 cm³/mol. The van der Waals surface area contributed by atoms with Gasteiger partial charge in [-0.1, -0.05) is 53.5 Å². The van der Waals surface area contributed by atoms with Crippen molar-refractivity contribution in [1.29, 1.82) is 0 Å². The number of hydrogen-bond donors (Lipinski definition) is 1. The third-order valence-electron chi connectivity index (χ3n) is 4.53. The Bertz CT molecular complexity index is 1160. The monoisotopic (exact) mass is 478 g/mol. The van der Waals surface area contributed by atoms with Crippen LogP contribution in [0.1, 0.15) is 15.9 Å². The lowest BCUT2D eigenvalue weighted by atomic mass is 10.2. The Morgan fingerprint density at radius 2 is 1.58 bits per heavy atom. The van der Waals surface area contributed by atoms with Crippen LogP contribution >= 0.6 is 23.2 Å². The molecule has 0 saturated carbocycles. The molecule has 0 heterocycles. The van der Waals surface area contributed by atoms with E-state index in [1.807, 2.05) is 30.3 Å². The largest absolute Gasteiger partial charge is 0.494 e. The van der Waals surface area contributed by atoms with Crippen molar-refractivity contribution in [2.75, 3.05) is 19.5 Å². The van der Waals surface area contributed by atoms with Crippen molar-refractivity contribution in [1.82, 2.24) is 4.31 Å². The van der Waals surface area contributed by atoms with Crippen LogP contribution in [0.4, 0.5) is 5.69 Å². The van der Waals surface area contributed by atoms with Crippen LogP contribution in [-0.4, -0.2) is 32.8 Å². The quantitative estimate of drug-likeness (QED) is 0.513. The molecule has 1 amide bonds. The van der Waals surface area contributed by atoms with E-state index >= 15 is 0 Å². The molecule has 0 aliphatic heterocycles. The van der Waals surface area contributed by atoms with E-state index in [2.05, 4.69) is 5.32 Å². The van der Waals surface area contributed by atoms with Crippen LogP contribution < -0.4 is 10.1 Å². The number of nitrogens with zero attached hydrogens (tertiary/aromatic N) is 1. The van der Waals surface area contributed by atoms with E-state index in [1.54, 1.807) is 0 Å². The topological polar surface area (TPSA) is 75.7 Å². The first-order chi connectivity index (χ1) is 14.7. The standard InChI is InChI=1S/C22H20Cl2N2O4S/c1-26(14-15-6-4-3-5-7-15)31(28,29)18-10-8-17(9-11-18)25-22(27)16-12-19(23)21(30-2)20(24)13-16/h3-13H,14H2,1-2H3,(H,25,27). The number of sulfonamides is 1. The zero-order valence-corrected chi connectivity index (χ0v) is 19.1. The Morgan fingerprint density at radius 1 is 1.00 bits per heavy atom. The molecule has 0 aromatic heterocycles. The predicted octanol–water partition coefficient (Wildman–Crippen LogP) is 5.08. The number of halogens is 2. The molecule has 6 nitrogen and oxygen atoms in total. The highest BCUT2D eigenvalue weighted by Gasteiger charge is 2.21. The van der Waals surface area contributed by atoms with Crippen molar-refractivity contribution in [3.8, 4) is 5.75 Å². The second kappa shape index (κ2) is 9.70. The number of carbonyl (C=O) groups excluding carboxylic acids is 1. The summed E-state index contributed by atoms with van der Waals surface area (Å²) in [5.74, 6) is -0.155. The number of nitrogens with one attached hydrogen (secondary N) is 1. The van der Waals surface area contributed by atoms with Gasteiger partial charge in [-0.2, -0.15) is 4.31 Å². The molecule has 0 bridgehead atoms. The lowest BCUT2D eigenvalue weighted by Gasteiger charge is -2.17. The highest BCUT2D eigenvalue weighted by molar-refractivity contribution is 7.89. The van der Waals surface area contributed by atoms with Gasteiger partial charge in [-0.25, -0.2) is 8.42 Å². The van der Waals surface area contributed by atoms with E-state index in [4.69, 9.17) is 27.9 Å². The maximum absolute atomic E-state index is 12.8. The second-order valence-electron chi connectivity index (χ2n) is 6.70. The number of ether oxygens (including phenoxy) is 1. The van der Waals surface area contributed by atoms with Crippen molar-refractivity contribution in [3.05, 3.63) is 87.9 Å². The zero-order chi connectivity index (χ0) is 22.6. The molecular weight excluding hydrogens is 459 g/mol. The smallest absolute Gasteiger partial charge is 0.255 e. The van der Waals surface area contributed by atoms with Gasteiger partial charge in [0.2, 0.25) is 10.0 Å². The fourth-order valence-corrected chi connectivity index (χ4v) is 4.71. The fourth-order valence-electron chi connectivity index (χ4n) is 2.90. The third kappa shape index (κ3) is 5.37. The molecule has 0 saturated heterocycles. The van der Waals surface area contributed by atoms with E-state index in [0.717, 1.165) is 5.56 Å². The minimum atomic E-state index is -3.68. The maximum Gasteiger partial charge on any atom is 0.255 e. The van der Waals surface area contributed by atoms with E-state index in [1.165, 1.54) is 54.9 Å². The third-order valence-corrected chi connectivity index (χ3v) is 6.91. The lowest BCUT2D eigenvalue weighted by molar-refractivity contribution is 0.102. The molecule has 162 valence electrons. The SMILES string of the molecule is COc1c(Cl)cc(C(=O)Nc2ccc(S(=O)(=O)N(C)Cc3ccccc3)cc2)cc1Cl. The lowest BCUT2D eigenvalue weighted by Crippen LogP contribution is -2.26. The van der Waals surface area contributed by atoms with E-state index in [-0.39, 0.29) is 32.8 Å². The molecule has 0 fully saturated rings. The van der Waals surface area contributed by atoms with Crippen LogP contribution in [0.5, 0.6) is 5.75 Å². The molecule has 0 spiro atoms. The van der Waals surface area contributed by atoms with Crippen molar-refractivity contribution >= 4 is 44.8 Å². The van der Waals surface area contributed by atoms with Crippen molar-refractivity contribution in [3.63, 3.8) is 0 Å². The first-order valence-corrected chi connectivity index (χ1v) is 11.4. The van der Waals surface area contributed by atoms with Crippen molar-refractivity contribution < 1.29 is 17.9 Å². The minimum Gasteiger partial charge on any atom is -0.494 e. The number of carbonyl (C=O) groups is 1. The Balaban J connectivity index is 1.73. The molecule has 3 aromatic rings. The number of hydrogen-bond acceptors (Lipinski definition) is 4. The van der Waals surface area contributed by atoms with Crippen LogP contribution in [0.2, 0.25) is 10.0 Å². The normalized spacial score (nSPS) is 11.4. The van der Waals surface area contributed by atoms with Gasteiger partial charge in [0.05, 0.1) is 22.1 Å². The van der Waals surface area contributed by atoms with Crippen molar-refractivity contribution in [2.24, 2.45) is 0 Å². The number of rotatable bonds is 7. The van der Waals surface area contributed by atoms with Gasteiger partial charge >= 0.3 is 0 Å². The highest BCUT2D eigenvalue weighted by atomic mass is 35.5. The fraction of sp³-hybridized carbons (Fsp3) is 0.136. The van der Waals surface area contributed by atoms with Gasteiger partial charge in [0.1, 0.15) is 0 Å². The van der Waals surface area contributed by atoms with Gasteiger partial charge in [-0.15, -0.1) is 0 Å². The summed E-state index contributed by atoms with van der Waals surface area (Å²) in [6, 6.07) is 18.1.